The molecule has 128 valence electrons. The summed E-state index contributed by atoms with van der Waals surface area (Å²) in [6, 6.07) is 8.73. The molecule has 1 unspecified atom stereocenters. The third-order valence-electron chi connectivity index (χ3n) is 5.11. The predicted octanol–water partition coefficient (Wildman–Crippen LogP) is 2.39. The Bertz CT molecular complexity index is 663. The lowest BCUT2D eigenvalue weighted by atomic mass is 9.99. The molecule has 2 aromatic rings. The van der Waals surface area contributed by atoms with Crippen LogP contribution in [0.5, 0.6) is 0 Å². The minimum absolute atomic E-state index is 0.532. The molecule has 4 rings (SSSR count). The van der Waals surface area contributed by atoms with Gasteiger partial charge in [-0.05, 0) is 24.5 Å². The van der Waals surface area contributed by atoms with Crippen LogP contribution in [-0.4, -0.2) is 42.4 Å². The number of aryl methyl sites for hydroxylation is 1. The molecule has 1 N–H and O–H groups in total. The van der Waals surface area contributed by atoms with Gasteiger partial charge < -0.3 is 19.5 Å². The van der Waals surface area contributed by atoms with Gasteiger partial charge in [-0.15, -0.1) is 0 Å². The van der Waals surface area contributed by atoms with E-state index in [0.29, 0.717) is 5.92 Å². The number of imidazole rings is 1. The Hall–Kier alpha value is -1.85. The van der Waals surface area contributed by atoms with Crippen molar-refractivity contribution < 1.29 is 4.74 Å². The number of nitrogens with zero attached hydrogens (tertiary/aromatic N) is 3. The molecule has 0 amide bonds. The Morgan fingerprint density at radius 2 is 2.04 bits per heavy atom. The van der Waals surface area contributed by atoms with Crippen molar-refractivity contribution in [2.75, 3.05) is 37.7 Å². The third-order valence-corrected chi connectivity index (χ3v) is 5.11. The molecular weight excluding hydrogens is 300 g/mol. The molecule has 1 aromatic carbocycles. The number of nitrogens with one attached hydrogen (secondary N) is 1. The number of anilines is 1. The van der Waals surface area contributed by atoms with E-state index in [0.717, 1.165) is 45.9 Å². The van der Waals surface area contributed by atoms with E-state index in [1.165, 1.54) is 29.9 Å². The molecule has 1 atom stereocenters. The first-order chi connectivity index (χ1) is 11.9. The van der Waals surface area contributed by atoms with Crippen LogP contribution in [0.15, 0.2) is 36.7 Å². The molecule has 1 aromatic heterocycles. The summed E-state index contributed by atoms with van der Waals surface area (Å²) in [5, 5.41) is 3.67. The van der Waals surface area contributed by atoms with Crippen LogP contribution in [0.1, 0.15) is 30.1 Å². The first-order valence-electron chi connectivity index (χ1n) is 9.04. The molecule has 5 heteroatoms. The molecule has 0 aliphatic carbocycles. The van der Waals surface area contributed by atoms with Crippen molar-refractivity contribution in [1.82, 2.24) is 14.9 Å². The molecular formula is C19H26N4O. The summed E-state index contributed by atoms with van der Waals surface area (Å²) >= 11 is 0. The number of rotatable bonds is 5. The van der Waals surface area contributed by atoms with Gasteiger partial charge in [-0.3, -0.25) is 0 Å². The van der Waals surface area contributed by atoms with Gasteiger partial charge in [-0.25, -0.2) is 4.98 Å². The van der Waals surface area contributed by atoms with Gasteiger partial charge in [0.25, 0.3) is 0 Å². The van der Waals surface area contributed by atoms with Gasteiger partial charge >= 0.3 is 0 Å². The highest BCUT2D eigenvalue weighted by Crippen LogP contribution is 2.26. The molecule has 0 spiro atoms. The molecule has 5 nitrogen and oxygen atoms in total. The highest BCUT2D eigenvalue weighted by Gasteiger charge is 2.21. The first-order valence-corrected chi connectivity index (χ1v) is 9.04. The fourth-order valence-corrected chi connectivity index (χ4v) is 3.85. The van der Waals surface area contributed by atoms with Crippen molar-refractivity contribution in [1.29, 1.82) is 0 Å². The van der Waals surface area contributed by atoms with Crippen molar-refractivity contribution in [3.05, 3.63) is 48.0 Å². The number of morpholine rings is 1. The Morgan fingerprint density at radius 3 is 2.96 bits per heavy atom. The largest absolute Gasteiger partial charge is 0.378 e. The molecule has 0 saturated carbocycles. The Kier molecular flexibility index (Phi) is 4.81. The zero-order valence-electron chi connectivity index (χ0n) is 14.2. The molecule has 3 heterocycles. The number of benzene rings is 1. The van der Waals surface area contributed by atoms with Gasteiger partial charge in [-0.2, -0.15) is 0 Å². The topological polar surface area (TPSA) is 42.3 Å². The smallest absolute Gasteiger partial charge is 0.113 e. The van der Waals surface area contributed by atoms with E-state index in [1.807, 2.05) is 6.20 Å². The van der Waals surface area contributed by atoms with Gasteiger partial charge in [0.1, 0.15) is 5.82 Å². The van der Waals surface area contributed by atoms with Crippen LogP contribution in [-0.2, 0) is 17.8 Å². The lowest BCUT2D eigenvalue weighted by molar-refractivity contribution is 0.122. The zero-order chi connectivity index (χ0) is 16.2. The minimum atomic E-state index is 0.532. The predicted molar refractivity (Wildman–Crippen MR) is 95.4 cm³/mol. The summed E-state index contributed by atoms with van der Waals surface area (Å²) in [4.78, 5) is 6.99. The van der Waals surface area contributed by atoms with E-state index in [-0.39, 0.29) is 0 Å². The standard InChI is InChI=1S/C19H26N4O/c1-2-6-18(22-10-12-24-13-11-22)16(4-1)14-20-15-17-5-3-8-23-9-7-21-19(17)23/h1-2,4,6-7,9,17,20H,3,5,8,10-15H2. The Morgan fingerprint density at radius 1 is 1.17 bits per heavy atom. The molecule has 1 saturated heterocycles. The number of fused-ring (bicyclic) bond motifs is 1. The minimum Gasteiger partial charge on any atom is -0.378 e. The van der Waals surface area contributed by atoms with Gasteiger partial charge in [0.05, 0.1) is 13.2 Å². The average Bonchev–Trinajstić information content (AvgIpc) is 3.12. The first kappa shape index (κ1) is 15.7. The van der Waals surface area contributed by atoms with Crippen LogP contribution in [0.4, 0.5) is 5.69 Å². The summed E-state index contributed by atoms with van der Waals surface area (Å²) in [6.07, 6.45) is 6.52. The fourth-order valence-electron chi connectivity index (χ4n) is 3.85. The van der Waals surface area contributed by atoms with Gasteiger partial charge in [-0.1, -0.05) is 18.2 Å². The van der Waals surface area contributed by atoms with Crippen molar-refractivity contribution in [3.8, 4) is 0 Å². The van der Waals surface area contributed by atoms with E-state index in [4.69, 9.17) is 4.74 Å². The highest BCUT2D eigenvalue weighted by atomic mass is 16.5. The number of hydrogen-bond acceptors (Lipinski definition) is 4. The number of para-hydroxylation sites is 1. The highest BCUT2D eigenvalue weighted by molar-refractivity contribution is 5.53. The monoisotopic (exact) mass is 326 g/mol. The van der Waals surface area contributed by atoms with Crippen molar-refractivity contribution in [2.24, 2.45) is 0 Å². The second-order valence-corrected chi connectivity index (χ2v) is 6.68. The normalized spacial score (nSPS) is 20.8. The maximum atomic E-state index is 5.48. The number of hydrogen-bond donors (Lipinski definition) is 1. The summed E-state index contributed by atoms with van der Waals surface area (Å²) < 4.78 is 7.78. The lowest BCUT2D eigenvalue weighted by Gasteiger charge is -2.31. The Labute approximate surface area is 143 Å². The van der Waals surface area contributed by atoms with Gasteiger partial charge in [0.2, 0.25) is 0 Å². The second kappa shape index (κ2) is 7.36. The van der Waals surface area contributed by atoms with Gasteiger partial charge in [0, 0.05) is 56.7 Å². The van der Waals surface area contributed by atoms with E-state index in [1.54, 1.807) is 0 Å². The van der Waals surface area contributed by atoms with Crippen LogP contribution >= 0.6 is 0 Å². The number of ether oxygens (including phenoxy) is 1. The summed E-state index contributed by atoms with van der Waals surface area (Å²) in [5.41, 5.74) is 2.72. The molecule has 0 radical (unpaired) electrons. The van der Waals surface area contributed by atoms with E-state index in [9.17, 15) is 0 Å². The quantitative estimate of drug-likeness (QED) is 0.916. The fraction of sp³-hybridized carbons (Fsp3) is 0.526. The van der Waals surface area contributed by atoms with Crippen LogP contribution in [0.25, 0.3) is 0 Å². The van der Waals surface area contributed by atoms with E-state index in [2.05, 4.69) is 50.2 Å². The molecule has 1 fully saturated rings. The van der Waals surface area contributed by atoms with Crippen molar-refractivity contribution >= 4 is 5.69 Å². The third kappa shape index (κ3) is 3.32. The van der Waals surface area contributed by atoms with Crippen LogP contribution in [0.3, 0.4) is 0 Å². The number of aromatic nitrogens is 2. The average molecular weight is 326 g/mol. The van der Waals surface area contributed by atoms with Crippen molar-refractivity contribution in [3.63, 3.8) is 0 Å². The van der Waals surface area contributed by atoms with Crippen LogP contribution < -0.4 is 10.2 Å². The molecule has 0 bridgehead atoms. The summed E-state index contributed by atoms with van der Waals surface area (Å²) in [5.74, 6) is 1.78. The summed E-state index contributed by atoms with van der Waals surface area (Å²) in [6.45, 7) is 6.64. The maximum Gasteiger partial charge on any atom is 0.113 e. The maximum absolute atomic E-state index is 5.48. The Balaban J connectivity index is 1.38. The molecule has 2 aliphatic rings. The molecule has 2 aliphatic heterocycles. The van der Waals surface area contributed by atoms with E-state index >= 15 is 0 Å². The van der Waals surface area contributed by atoms with Gasteiger partial charge in [0.15, 0.2) is 0 Å². The summed E-state index contributed by atoms with van der Waals surface area (Å²) in [7, 11) is 0. The second-order valence-electron chi connectivity index (χ2n) is 6.68. The molecule has 24 heavy (non-hydrogen) atoms. The SMILES string of the molecule is c1ccc(N2CCOCC2)c(CNCC2CCCn3ccnc32)c1. The van der Waals surface area contributed by atoms with Crippen molar-refractivity contribution in [2.45, 2.75) is 31.8 Å². The van der Waals surface area contributed by atoms with E-state index < -0.39 is 0 Å². The zero-order valence-corrected chi connectivity index (χ0v) is 14.2. The van der Waals surface area contributed by atoms with Crippen LogP contribution in [0.2, 0.25) is 0 Å². The van der Waals surface area contributed by atoms with Crippen LogP contribution in [0, 0.1) is 0 Å². The lowest BCUT2D eigenvalue weighted by Crippen LogP contribution is -2.37.